The van der Waals surface area contributed by atoms with E-state index in [0.29, 0.717) is 48.9 Å². The highest BCUT2D eigenvalue weighted by Crippen LogP contribution is 2.19. The van der Waals surface area contributed by atoms with Crippen molar-refractivity contribution in [2.24, 2.45) is 0 Å². The standard InChI is InChI=1S/C17H25BrNO5.C2H6/c1-23-9-5-3-7-16(20)13-11-15(19(22)12-14(13)18)17(21)8-4-6-10-24-2;1-2/h11-12,22H,3-10H2,1-2H3;1-2H3/q+1;. The average molecular weight is 433 g/mol. The van der Waals surface area contributed by atoms with E-state index in [9.17, 15) is 14.8 Å². The quantitative estimate of drug-likeness (QED) is 0.233. The molecule has 1 rings (SSSR count). The summed E-state index contributed by atoms with van der Waals surface area (Å²) >= 11 is 3.27. The third-order valence-electron chi connectivity index (χ3n) is 3.61. The lowest BCUT2D eigenvalue weighted by Gasteiger charge is -2.05. The molecule has 1 aromatic rings. The Bertz CT molecular complexity index is 518. The lowest BCUT2D eigenvalue weighted by atomic mass is 10.0. The van der Waals surface area contributed by atoms with Crippen LogP contribution in [-0.2, 0) is 9.47 Å². The van der Waals surface area contributed by atoms with Crippen molar-refractivity contribution in [1.82, 2.24) is 0 Å². The van der Waals surface area contributed by atoms with Gasteiger partial charge in [0.15, 0.2) is 5.78 Å². The highest BCUT2D eigenvalue weighted by molar-refractivity contribution is 9.10. The molecule has 0 atom stereocenters. The second-order valence-electron chi connectivity index (χ2n) is 5.51. The summed E-state index contributed by atoms with van der Waals surface area (Å²) in [6.07, 6.45) is 4.97. The van der Waals surface area contributed by atoms with Crippen LogP contribution in [0, 0.1) is 0 Å². The van der Waals surface area contributed by atoms with Crippen molar-refractivity contribution >= 4 is 27.5 Å². The fourth-order valence-electron chi connectivity index (χ4n) is 2.27. The molecule has 0 radical (unpaired) electrons. The predicted molar refractivity (Wildman–Crippen MR) is 103 cm³/mol. The zero-order valence-electron chi connectivity index (χ0n) is 16.2. The fraction of sp³-hybridized carbons (Fsp3) is 0.632. The Kier molecular flexibility index (Phi) is 14.1. The van der Waals surface area contributed by atoms with E-state index in [-0.39, 0.29) is 17.3 Å². The summed E-state index contributed by atoms with van der Waals surface area (Å²) in [6.45, 7) is 5.21. The Morgan fingerprint density at radius 2 is 1.50 bits per heavy atom. The van der Waals surface area contributed by atoms with Crippen LogP contribution in [-0.4, -0.2) is 44.2 Å². The molecule has 0 aliphatic carbocycles. The molecule has 0 fully saturated rings. The minimum atomic E-state index is -0.200. The molecular formula is C19H31BrNO5+. The normalized spacial score (nSPS) is 10.2. The third kappa shape index (κ3) is 8.87. The van der Waals surface area contributed by atoms with Crippen LogP contribution in [0.25, 0.3) is 0 Å². The van der Waals surface area contributed by atoms with E-state index < -0.39 is 0 Å². The summed E-state index contributed by atoms with van der Waals surface area (Å²) in [5.74, 6) is -0.262. The molecule has 0 aromatic carbocycles. The molecule has 7 heteroatoms. The van der Waals surface area contributed by atoms with E-state index in [1.807, 2.05) is 13.8 Å². The Morgan fingerprint density at radius 1 is 1.00 bits per heavy atom. The zero-order chi connectivity index (χ0) is 19.9. The fourth-order valence-corrected chi connectivity index (χ4v) is 2.80. The third-order valence-corrected chi connectivity index (χ3v) is 4.24. The molecule has 0 bridgehead atoms. The molecule has 0 saturated heterocycles. The molecule has 148 valence electrons. The van der Waals surface area contributed by atoms with E-state index in [1.54, 1.807) is 14.2 Å². The van der Waals surface area contributed by atoms with Gasteiger partial charge >= 0.3 is 5.69 Å². The number of aromatic nitrogens is 1. The van der Waals surface area contributed by atoms with E-state index in [1.165, 1.54) is 12.3 Å². The first-order chi connectivity index (χ1) is 12.5. The minimum Gasteiger partial charge on any atom is -0.385 e. The van der Waals surface area contributed by atoms with Crippen molar-refractivity contribution in [3.63, 3.8) is 0 Å². The van der Waals surface area contributed by atoms with E-state index >= 15 is 0 Å². The van der Waals surface area contributed by atoms with Crippen LogP contribution < -0.4 is 4.73 Å². The van der Waals surface area contributed by atoms with Crippen LogP contribution >= 0.6 is 15.9 Å². The van der Waals surface area contributed by atoms with Gasteiger partial charge < -0.3 is 9.47 Å². The largest absolute Gasteiger partial charge is 0.385 e. The van der Waals surface area contributed by atoms with Crippen molar-refractivity contribution in [3.05, 3.63) is 28.0 Å². The number of nitrogens with zero attached hydrogens (tertiary/aromatic N) is 1. The molecule has 1 aromatic heterocycles. The van der Waals surface area contributed by atoms with Crippen LogP contribution in [0.4, 0.5) is 0 Å². The number of hydrogen-bond acceptors (Lipinski definition) is 5. The molecule has 0 unspecified atom stereocenters. The van der Waals surface area contributed by atoms with Gasteiger partial charge in [-0.25, -0.2) is 0 Å². The van der Waals surface area contributed by atoms with E-state index in [0.717, 1.165) is 17.6 Å². The number of carbonyl (C=O) groups is 2. The Morgan fingerprint density at radius 3 is 2.00 bits per heavy atom. The van der Waals surface area contributed by atoms with E-state index in [2.05, 4.69) is 15.9 Å². The Labute approximate surface area is 164 Å². The topological polar surface area (TPSA) is 76.7 Å². The van der Waals surface area contributed by atoms with Gasteiger partial charge in [-0.3, -0.25) is 14.8 Å². The van der Waals surface area contributed by atoms with Gasteiger partial charge in [-0.2, -0.15) is 0 Å². The lowest BCUT2D eigenvalue weighted by molar-refractivity contribution is -0.906. The summed E-state index contributed by atoms with van der Waals surface area (Å²) in [5, 5.41) is 9.93. The van der Waals surface area contributed by atoms with Crippen molar-refractivity contribution in [1.29, 1.82) is 0 Å². The predicted octanol–water partition coefficient (Wildman–Crippen LogP) is 4.00. The number of Topliss-reactive ketones (excluding diaryl/α,β-unsaturated/α-hetero) is 2. The number of pyridine rings is 1. The van der Waals surface area contributed by atoms with Crippen molar-refractivity contribution < 1.29 is 29.0 Å². The first kappa shape index (κ1) is 24.7. The molecule has 26 heavy (non-hydrogen) atoms. The average Bonchev–Trinajstić information content (AvgIpc) is 2.63. The molecule has 1 N–H and O–H groups in total. The van der Waals surface area contributed by atoms with Gasteiger partial charge in [0.25, 0.3) is 0 Å². The number of ketones is 2. The first-order valence-electron chi connectivity index (χ1n) is 9.00. The van der Waals surface area contributed by atoms with Gasteiger partial charge in [-0.15, -0.1) is 0 Å². The summed E-state index contributed by atoms with van der Waals surface area (Å²) in [6, 6.07) is 1.46. The zero-order valence-corrected chi connectivity index (χ0v) is 17.8. The number of ether oxygens (including phenoxy) is 2. The minimum absolute atomic E-state index is 0.0630. The summed E-state index contributed by atoms with van der Waals surface area (Å²) in [7, 11) is 3.24. The second-order valence-corrected chi connectivity index (χ2v) is 6.37. The maximum absolute atomic E-state index is 12.3. The first-order valence-corrected chi connectivity index (χ1v) is 9.79. The maximum Gasteiger partial charge on any atom is 0.300 e. The summed E-state index contributed by atoms with van der Waals surface area (Å²) < 4.78 is 11.2. The number of unbranched alkanes of at least 4 members (excludes halogenated alkanes) is 2. The highest BCUT2D eigenvalue weighted by atomic mass is 79.9. The van der Waals surface area contributed by atoms with Gasteiger partial charge in [-0.05, 0) is 41.6 Å². The van der Waals surface area contributed by atoms with E-state index in [4.69, 9.17) is 9.47 Å². The van der Waals surface area contributed by atoms with Crippen molar-refractivity contribution in [3.8, 4) is 0 Å². The highest BCUT2D eigenvalue weighted by Gasteiger charge is 2.24. The van der Waals surface area contributed by atoms with Gasteiger partial charge in [0.2, 0.25) is 12.0 Å². The number of methoxy groups -OCH3 is 2. The van der Waals surface area contributed by atoms with Crippen molar-refractivity contribution in [2.45, 2.75) is 52.4 Å². The molecule has 0 aliphatic heterocycles. The monoisotopic (exact) mass is 432 g/mol. The number of hydrogen-bond donors (Lipinski definition) is 1. The molecule has 0 aliphatic rings. The van der Waals surface area contributed by atoms with Crippen LogP contribution in [0.3, 0.4) is 0 Å². The number of carbonyl (C=O) groups excluding carboxylic acids is 2. The molecule has 6 nitrogen and oxygen atoms in total. The summed E-state index contributed by atoms with van der Waals surface area (Å²) in [4.78, 5) is 24.6. The molecular weight excluding hydrogens is 402 g/mol. The molecule has 1 heterocycles. The van der Waals surface area contributed by atoms with Crippen LogP contribution in [0.15, 0.2) is 16.7 Å². The maximum atomic E-state index is 12.3. The summed E-state index contributed by atoms with van der Waals surface area (Å²) in [5.41, 5.74) is 0.536. The molecule has 0 spiro atoms. The Balaban J connectivity index is 0.00000301. The SMILES string of the molecule is CC.COCCCCC(=O)c1cc(C(=O)CCCCOC)[n+](O)cc1Br. The number of rotatable bonds is 12. The van der Waals surface area contributed by atoms with Gasteiger partial charge in [0.05, 0.1) is 4.47 Å². The van der Waals surface area contributed by atoms with Crippen LogP contribution in [0.5, 0.6) is 0 Å². The van der Waals surface area contributed by atoms with Gasteiger partial charge in [0, 0.05) is 56.6 Å². The van der Waals surface area contributed by atoms with Gasteiger partial charge in [0.1, 0.15) is 0 Å². The lowest BCUT2D eigenvalue weighted by Crippen LogP contribution is -2.38. The Hall–Kier alpha value is -1.31. The van der Waals surface area contributed by atoms with Crippen LogP contribution in [0.1, 0.15) is 73.2 Å². The molecule has 0 amide bonds. The van der Waals surface area contributed by atoms with Crippen molar-refractivity contribution in [2.75, 3.05) is 27.4 Å². The van der Waals surface area contributed by atoms with Gasteiger partial charge in [-0.1, -0.05) is 13.8 Å². The van der Waals surface area contributed by atoms with Crippen LogP contribution in [0.2, 0.25) is 0 Å². The molecule has 0 saturated carbocycles. The second kappa shape index (κ2) is 14.8. The number of halogens is 1. The smallest absolute Gasteiger partial charge is 0.300 e.